The van der Waals surface area contributed by atoms with E-state index in [1.54, 1.807) is 53.8 Å². The van der Waals surface area contributed by atoms with Crippen molar-refractivity contribution in [3.63, 3.8) is 0 Å². The van der Waals surface area contributed by atoms with Crippen LogP contribution in [0.15, 0.2) is 78.2 Å². The quantitative estimate of drug-likeness (QED) is 0.0720. The van der Waals surface area contributed by atoms with Crippen LogP contribution in [-0.2, 0) is 11.3 Å². The Morgan fingerprint density at radius 2 is 2.12 bits per heavy atom. The van der Waals surface area contributed by atoms with Crippen LogP contribution >= 0.6 is 58.1 Å². The summed E-state index contributed by atoms with van der Waals surface area (Å²) in [4.78, 5) is 8.46. The van der Waals surface area contributed by atoms with Crippen molar-refractivity contribution in [2.45, 2.75) is 17.0 Å². The molecule has 2 aromatic heterocycles. The third-order valence-corrected chi connectivity index (χ3v) is 7.65. The van der Waals surface area contributed by atoms with Crippen molar-refractivity contribution in [2.24, 2.45) is 0 Å². The molecule has 0 spiro atoms. The third-order valence-electron chi connectivity index (χ3n) is 4.24. The summed E-state index contributed by atoms with van der Waals surface area (Å²) < 4.78 is 9.96. The number of para-hydroxylation sites is 1. The first-order chi connectivity index (χ1) is 16.1. The van der Waals surface area contributed by atoms with Crippen LogP contribution in [0.25, 0.3) is 10.2 Å². The predicted molar refractivity (Wildman–Crippen MR) is 141 cm³/mol. The van der Waals surface area contributed by atoms with Crippen LogP contribution in [0.4, 0.5) is 0 Å². The van der Waals surface area contributed by atoms with Gasteiger partial charge in [0.05, 0.1) is 34.8 Å². The highest BCUT2D eigenvalue weighted by molar-refractivity contribution is 8.18. The van der Waals surface area contributed by atoms with E-state index in [1.807, 2.05) is 40.4 Å². The minimum Gasteiger partial charge on any atom is -0.368 e. The summed E-state index contributed by atoms with van der Waals surface area (Å²) in [5.74, 6) is 0. The molecule has 0 saturated carbocycles. The molecule has 0 aliphatic carbocycles. The predicted octanol–water partition coefficient (Wildman–Crippen LogP) is 7.69. The van der Waals surface area contributed by atoms with Crippen LogP contribution in [0.3, 0.4) is 0 Å². The van der Waals surface area contributed by atoms with E-state index in [4.69, 9.17) is 33.2 Å². The van der Waals surface area contributed by atoms with Crippen LogP contribution in [0.2, 0.25) is 10.0 Å². The minimum absolute atomic E-state index is 0.169. The summed E-state index contributed by atoms with van der Waals surface area (Å²) in [6.07, 6.45) is 6.90. The molecule has 5 nitrogen and oxygen atoms in total. The molecule has 2 aromatic carbocycles. The highest BCUT2D eigenvalue weighted by Crippen LogP contribution is 2.31. The first-order valence-electron chi connectivity index (χ1n) is 9.73. The van der Waals surface area contributed by atoms with Gasteiger partial charge in [0.2, 0.25) is 0 Å². The number of thiocyanates is 1. The van der Waals surface area contributed by atoms with Gasteiger partial charge in [0.25, 0.3) is 0 Å². The van der Waals surface area contributed by atoms with E-state index in [0.29, 0.717) is 23.2 Å². The number of thiazole rings is 1. The second-order valence-electron chi connectivity index (χ2n) is 6.48. The van der Waals surface area contributed by atoms with Gasteiger partial charge in [0.15, 0.2) is 4.34 Å². The number of imidazole rings is 1. The zero-order valence-corrected chi connectivity index (χ0v) is 21.4. The lowest BCUT2D eigenvalue weighted by atomic mass is 10.1. The van der Waals surface area contributed by atoms with Crippen LogP contribution in [0.1, 0.15) is 11.7 Å². The number of fused-ring (bicyclic) bond motifs is 1. The Morgan fingerprint density at radius 3 is 2.82 bits per heavy atom. The molecular formula is C23H20Cl2N4OS3. The maximum absolute atomic E-state index is 8.37. The van der Waals surface area contributed by atoms with E-state index < -0.39 is 0 Å². The van der Waals surface area contributed by atoms with Crippen LogP contribution < -0.4 is 0 Å². The number of aromatic nitrogens is 3. The van der Waals surface area contributed by atoms with E-state index in [-0.39, 0.29) is 6.10 Å². The molecule has 1 unspecified atom stereocenters. The molecule has 0 radical (unpaired) electrons. The zero-order chi connectivity index (χ0) is 23.5. The second-order valence-corrected chi connectivity index (χ2v) is 10.7. The average molecular weight is 536 g/mol. The number of halogens is 2. The van der Waals surface area contributed by atoms with Crippen molar-refractivity contribution in [3.8, 4) is 5.40 Å². The SMILES string of the molecule is C=CCOC(Cn1ccnc1)c1ccc(Cl)cc1Cl.N#CSCSc1nc2ccccc2s1. The Kier molecular flexibility index (Phi) is 10.6. The topological polar surface area (TPSA) is 63.7 Å². The molecule has 170 valence electrons. The molecule has 0 saturated heterocycles. The number of ether oxygens (including phenoxy) is 1. The molecule has 10 heteroatoms. The van der Waals surface area contributed by atoms with E-state index in [0.717, 1.165) is 20.5 Å². The van der Waals surface area contributed by atoms with Crippen LogP contribution in [0, 0.1) is 10.7 Å². The molecule has 1 atom stereocenters. The Labute approximate surface area is 215 Å². The summed E-state index contributed by atoms with van der Waals surface area (Å²) >= 11 is 16.7. The van der Waals surface area contributed by atoms with Gasteiger partial charge < -0.3 is 9.30 Å². The lowest BCUT2D eigenvalue weighted by Gasteiger charge is -2.19. The summed E-state index contributed by atoms with van der Waals surface area (Å²) in [5.41, 5.74) is 1.95. The normalized spacial score (nSPS) is 11.4. The van der Waals surface area contributed by atoms with Crippen molar-refractivity contribution in [1.29, 1.82) is 5.26 Å². The molecule has 0 fully saturated rings. The lowest BCUT2D eigenvalue weighted by molar-refractivity contribution is 0.0608. The molecule has 0 amide bonds. The zero-order valence-electron chi connectivity index (χ0n) is 17.4. The van der Waals surface area contributed by atoms with Gasteiger partial charge in [-0.05, 0) is 36.0 Å². The number of hydrogen-bond donors (Lipinski definition) is 0. The Hall–Kier alpha value is -1.99. The van der Waals surface area contributed by atoms with Gasteiger partial charge in [0, 0.05) is 28.0 Å². The highest BCUT2D eigenvalue weighted by atomic mass is 35.5. The van der Waals surface area contributed by atoms with Crippen molar-refractivity contribution in [3.05, 3.63) is 89.4 Å². The number of thioether (sulfide) groups is 2. The summed E-state index contributed by atoms with van der Waals surface area (Å²) in [5, 5.41) is 12.4. The lowest BCUT2D eigenvalue weighted by Crippen LogP contribution is -2.12. The minimum atomic E-state index is -0.169. The monoisotopic (exact) mass is 534 g/mol. The van der Waals surface area contributed by atoms with Gasteiger partial charge in [-0.2, -0.15) is 5.26 Å². The average Bonchev–Trinajstić information content (AvgIpc) is 3.47. The molecule has 0 N–H and O–H groups in total. The first kappa shape index (κ1) is 25.6. The molecule has 0 aliphatic heterocycles. The maximum Gasteiger partial charge on any atom is 0.151 e. The standard InChI is InChI=1S/C14H14Cl2N2O.C9H6N2S3/c1-2-7-19-14(9-18-6-5-17-10-18)12-4-3-11(15)8-13(12)16;10-5-12-6-13-9-11-7-3-1-2-4-8(7)14-9/h2-6,8,10,14H,1,7,9H2;1-4H,6H2. The van der Waals surface area contributed by atoms with Gasteiger partial charge in [0.1, 0.15) is 11.5 Å². The first-order valence-corrected chi connectivity index (χ1v) is 13.3. The number of benzene rings is 2. The van der Waals surface area contributed by atoms with E-state index >= 15 is 0 Å². The molecule has 33 heavy (non-hydrogen) atoms. The maximum atomic E-state index is 8.37. The van der Waals surface area contributed by atoms with Gasteiger partial charge in [-0.1, -0.05) is 59.2 Å². The van der Waals surface area contributed by atoms with Crippen LogP contribution in [0.5, 0.6) is 0 Å². The van der Waals surface area contributed by atoms with Crippen molar-refractivity contribution in [1.82, 2.24) is 14.5 Å². The number of nitrogens with zero attached hydrogens (tertiary/aromatic N) is 4. The van der Waals surface area contributed by atoms with Gasteiger partial charge in [-0.15, -0.1) is 17.9 Å². The fourth-order valence-corrected chi connectivity index (χ4v) is 5.97. The van der Waals surface area contributed by atoms with E-state index in [2.05, 4.69) is 22.6 Å². The third kappa shape index (κ3) is 8.07. The van der Waals surface area contributed by atoms with Crippen molar-refractivity contribution < 1.29 is 4.74 Å². The fraction of sp³-hybridized carbons (Fsp3) is 0.174. The summed E-state index contributed by atoms with van der Waals surface area (Å²) in [6.45, 7) is 4.75. The van der Waals surface area contributed by atoms with Crippen LogP contribution in [-0.4, -0.2) is 26.2 Å². The van der Waals surface area contributed by atoms with Gasteiger partial charge in [-0.3, -0.25) is 0 Å². The molecular weight excluding hydrogens is 515 g/mol. The number of nitriles is 1. The molecule has 0 bridgehead atoms. The molecule has 4 rings (SSSR count). The Morgan fingerprint density at radius 1 is 1.27 bits per heavy atom. The second kappa shape index (κ2) is 13.7. The highest BCUT2D eigenvalue weighted by Gasteiger charge is 2.16. The number of hydrogen-bond acceptors (Lipinski definition) is 7. The fourth-order valence-electron chi connectivity index (χ4n) is 2.79. The van der Waals surface area contributed by atoms with Gasteiger partial charge in [-0.25, -0.2) is 9.97 Å². The van der Waals surface area contributed by atoms with Crippen molar-refractivity contribution >= 4 is 68.3 Å². The van der Waals surface area contributed by atoms with E-state index in [1.165, 1.54) is 16.5 Å². The summed E-state index contributed by atoms with van der Waals surface area (Å²) in [6, 6.07) is 13.5. The van der Waals surface area contributed by atoms with Crippen molar-refractivity contribution in [2.75, 3.05) is 11.7 Å². The summed E-state index contributed by atoms with van der Waals surface area (Å²) in [7, 11) is 0. The Balaban J connectivity index is 0.000000194. The Bertz CT molecular complexity index is 1180. The molecule has 0 aliphatic rings. The molecule has 4 aromatic rings. The molecule has 2 heterocycles. The van der Waals surface area contributed by atoms with E-state index in [9.17, 15) is 0 Å². The largest absolute Gasteiger partial charge is 0.368 e. The van der Waals surface area contributed by atoms with Gasteiger partial charge >= 0.3 is 0 Å². The number of rotatable bonds is 9. The smallest absolute Gasteiger partial charge is 0.151 e.